The second-order valence-electron chi connectivity index (χ2n) is 6.31. The highest BCUT2D eigenvalue weighted by molar-refractivity contribution is 7.98. The number of hydrogen-bond donors (Lipinski definition) is 0. The molecule has 7 heteroatoms. The van der Waals surface area contributed by atoms with E-state index in [-0.39, 0.29) is 0 Å². The Labute approximate surface area is 172 Å². The van der Waals surface area contributed by atoms with Gasteiger partial charge in [-0.05, 0) is 24.6 Å². The first-order chi connectivity index (χ1) is 13.7. The zero-order valence-corrected chi connectivity index (χ0v) is 17.3. The molecular weight excluding hydrogens is 388 g/mol. The number of aryl methyl sites for hydroxylation is 1. The molecule has 2 heterocycles. The molecule has 0 unspecified atom stereocenters. The molecule has 4 aromatic rings. The van der Waals surface area contributed by atoms with Gasteiger partial charge in [0.25, 0.3) is 0 Å². The van der Waals surface area contributed by atoms with E-state index in [0.29, 0.717) is 6.61 Å². The highest BCUT2D eigenvalue weighted by atomic mass is 32.2. The van der Waals surface area contributed by atoms with Gasteiger partial charge in [-0.1, -0.05) is 54.2 Å². The van der Waals surface area contributed by atoms with Crippen LogP contribution in [0.3, 0.4) is 0 Å². The summed E-state index contributed by atoms with van der Waals surface area (Å²) in [5.41, 5.74) is 3.49. The van der Waals surface area contributed by atoms with E-state index >= 15 is 0 Å². The molecule has 28 heavy (non-hydrogen) atoms. The van der Waals surface area contributed by atoms with Crippen molar-refractivity contribution in [3.05, 3.63) is 77.1 Å². The van der Waals surface area contributed by atoms with Gasteiger partial charge in [0.2, 0.25) is 0 Å². The van der Waals surface area contributed by atoms with Crippen LogP contribution in [0.1, 0.15) is 17.1 Å². The van der Waals surface area contributed by atoms with Crippen LogP contribution in [-0.2, 0) is 19.4 Å². The van der Waals surface area contributed by atoms with Crippen LogP contribution in [0.2, 0.25) is 0 Å². The Bertz CT molecular complexity index is 1060. The van der Waals surface area contributed by atoms with Crippen molar-refractivity contribution in [3.63, 3.8) is 0 Å². The van der Waals surface area contributed by atoms with Crippen molar-refractivity contribution in [2.45, 2.75) is 24.4 Å². The molecule has 2 aromatic heterocycles. The highest BCUT2D eigenvalue weighted by Gasteiger charge is 2.12. The first-order valence-corrected chi connectivity index (χ1v) is 10.8. The van der Waals surface area contributed by atoms with Crippen molar-refractivity contribution in [1.82, 2.24) is 19.7 Å². The molecule has 0 bridgehead atoms. The molecule has 142 valence electrons. The van der Waals surface area contributed by atoms with Gasteiger partial charge in [0.1, 0.15) is 17.4 Å². The van der Waals surface area contributed by atoms with E-state index in [1.165, 1.54) is 11.1 Å². The molecule has 0 saturated heterocycles. The Kier molecular flexibility index (Phi) is 5.73. The minimum Gasteiger partial charge on any atom is -0.486 e. The molecule has 0 radical (unpaired) electrons. The van der Waals surface area contributed by atoms with Crippen LogP contribution in [0.4, 0.5) is 0 Å². The molecule has 0 aliphatic heterocycles. The number of aromatic nitrogens is 4. The summed E-state index contributed by atoms with van der Waals surface area (Å²) in [5, 5.41) is 12.6. The molecule has 0 aliphatic rings. The van der Waals surface area contributed by atoms with Crippen LogP contribution in [0.15, 0.2) is 65.1 Å². The zero-order valence-electron chi connectivity index (χ0n) is 15.7. The van der Waals surface area contributed by atoms with Gasteiger partial charge in [-0.25, -0.2) is 4.98 Å². The lowest BCUT2D eigenvalue weighted by atomic mass is 10.1. The number of thiazole rings is 1. The molecule has 0 saturated carbocycles. The fourth-order valence-corrected chi connectivity index (χ4v) is 4.55. The van der Waals surface area contributed by atoms with Gasteiger partial charge in [-0.15, -0.1) is 21.5 Å². The minimum atomic E-state index is 0.391. The maximum absolute atomic E-state index is 5.77. The van der Waals surface area contributed by atoms with Gasteiger partial charge < -0.3 is 9.30 Å². The predicted octanol–water partition coefficient (Wildman–Crippen LogP) is 5.12. The second kappa shape index (κ2) is 8.58. The molecule has 0 fully saturated rings. The van der Waals surface area contributed by atoms with E-state index < -0.39 is 0 Å². The van der Waals surface area contributed by atoms with Gasteiger partial charge in [0, 0.05) is 23.7 Å². The van der Waals surface area contributed by atoms with Crippen molar-refractivity contribution >= 4 is 23.1 Å². The number of ether oxygens (including phenoxy) is 1. The molecule has 0 N–H and O–H groups in total. The summed E-state index contributed by atoms with van der Waals surface area (Å²) in [4.78, 5) is 4.78. The van der Waals surface area contributed by atoms with E-state index in [1.807, 2.05) is 41.9 Å². The van der Waals surface area contributed by atoms with Gasteiger partial charge in [0.05, 0.1) is 5.69 Å². The lowest BCUT2D eigenvalue weighted by Crippen LogP contribution is -2.04. The van der Waals surface area contributed by atoms with Crippen LogP contribution in [-0.4, -0.2) is 19.7 Å². The monoisotopic (exact) mass is 408 g/mol. The van der Waals surface area contributed by atoms with Crippen molar-refractivity contribution in [2.24, 2.45) is 7.05 Å². The summed E-state index contributed by atoms with van der Waals surface area (Å²) in [6.45, 7) is 2.51. The lowest BCUT2D eigenvalue weighted by molar-refractivity contribution is 0.290. The van der Waals surface area contributed by atoms with Gasteiger partial charge in [-0.3, -0.25) is 0 Å². The summed E-state index contributed by atoms with van der Waals surface area (Å²) in [7, 11) is 1.96. The Morgan fingerprint density at radius 2 is 1.82 bits per heavy atom. The van der Waals surface area contributed by atoms with E-state index in [9.17, 15) is 0 Å². The average Bonchev–Trinajstić information content (AvgIpc) is 3.33. The summed E-state index contributed by atoms with van der Waals surface area (Å²) in [5.74, 6) is 2.38. The third-order valence-corrected chi connectivity index (χ3v) is 6.29. The van der Waals surface area contributed by atoms with Gasteiger partial charge in [-0.2, -0.15) is 0 Å². The third-order valence-electron chi connectivity index (χ3n) is 4.31. The van der Waals surface area contributed by atoms with Gasteiger partial charge >= 0.3 is 0 Å². The SMILES string of the molecule is Cc1ccccc1-c1nc(CSc2nnc(COc3ccccc3)n2C)cs1. The highest BCUT2D eigenvalue weighted by Crippen LogP contribution is 2.29. The fourth-order valence-electron chi connectivity index (χ4n) is 2.71. The maximum atomic E-state index is 5.77. The number of nitrogens with zero attached hydrogens (tertiary/aromatic N) is 4. The summed E-state index contributed by atoms with van der Waals surface area (Å²) in [6.07, 6.45) is 0. The van der Waals surface area contributed by atoms with Crippen molar-refractivity contribution in [2.75, 3.05) is 0 Å². The van der Waals surface area contributed by atoms with E-state index in [2.05, 4.69) is 46.8 Å². The van der Waals surface area contributed by atoms with E-state index in [0.717, 1.165) is 33.2 Å². The van der Waals surface area contributed by atoms with Crippen LogP contribution in [0, 0.1) is 6.92 Å². The Morgan fingerprint density at radius 1 is 1.04 bits per heavy atom. The van der Waals surface area contributed by atoms with E-state index in [4.69, 9.17) is 9.72 Å². The van der Waals surface area contributed by atoms with Crippen LogP contribution < -0.4 is 4.74 Å². The van der Waals surface area contributed by atoms with Crippen molar-refractivity contribution in [3.8, 4) is 16.3 Å². The van der Waals surface area contributed by atoms with Gasteiger partial charge in [0.15, 0.2) is 11.0 Å². The van der Waals surface area contributed by atoms with Crippen LogP contribution >= 0.6 is 23.1 Å². The van der Waals surface area contributed by atoms with Crippen molar-refractivity contribution in [1.29, 1.82) is 0 Å². The molecule has 2 aromatic carbocycles. The standard InChI is InChI=1S/C21H20N4OS2/c1-15-8-6-7-11-18(15)20-22-16(13-27-20)14-28-21-24-23-19(25(21)2)12-26-17-9-4-3-5-10-17/h3-11,13H,12,14H2,1-2H3. The maximum Gasteiger partial charge on any atom is 0.191 e. The summed E-state index contributed by atoms with van der Waals surface area (Å²) >= 11 is 3.31. The summed E-state index contributed by atoms with van der Waals surface area (Å²) in [6, 6.07) is 18.1. The molecule has 5 nitrogen and oxygen atoms in total. The number of thioether (sulfide) groups is 1. The quantitative estimate of drug-likeness (QED) is 0.397. The minimum absolute atomic E-state index is 0.391. The molecule has 0 amide bonds. The number of hydrogen-bond acceptors (Lipinski definition) is 6. The molecule has 4 rings (SSSR count). The van der Waals surface area contributed by atoms with E-state index in [1.54, 1.807) is 23.1 Å². The fraction of sp³-hybridized carbons (Fsp3) is 0.190. The first kappa shape index (κ1) is 18.7. The topological polar surface area (TPSA) is 52.8 Å². The number of para-hydroxylation sites is 1. The first-order valence-electron chi connectivity index (χ1n) is 8.90. The number of benzene rings is 2. The Balaban J connectivity index is 1.38. The normalized spacial score (nSPS) is 10.9. The van der Waals surface area contributed by atoms with Crippen molar-refractivity contribution < 1.29 is 4.74 Å². The second-order valence-corrected chi connectivity index (χ2v) is 8.11. The largest absolute Gasteiger partial charge is 0.486 e. The Morgan fingerprint density at radius 3 is 2.64 bits per heavy atom. The smallest absolute Gasteiger partial charge is 0.191 e. The zero-order chi connectivity index (χ0) is 19.3. The predicted molar refractivity (Wildman–Crippen MR) is 114 cm³/mol. The summed E-state index contributed by atoms with van der Waals surface area (Å²) < 4.78 is 7.74. The average molecular weight is 409 g/mol. The molecular formula is C21H20N4OS2. The molecule has 0 spiro atoms. The molecule has 0 atom stereocenters. The Hall–Kier alpha value is -2.64. The van der Waals surface area contributed by atoms with Crippen LogP contribution in [0.25, 0.3) is 10.6 Å². The lowest BCUT2D eigenvalue weighted by Gasteiger charge is -2.06. The van der Waals surface area contributed by atoms with Crippen LogP contribution in [0.5, 0.6) is 5.75 Å². The third kappa shape index (κ3) is 4.26. The number of rotatable bonds is 7. The molecule has 0 aliphatic carbocycles.